The molecular weight excluding hydrogens is 501 g/mol. The van der Waals surface area contributed by atoms with Crippen LogP contribution in [0.3, 0.4) is 0 Å². The zero-order valence-corrected chi connectivity index (χ0v) is 22.4. The molecule has 2 nitrogen and oxygen atoms in total. The average Bonchev–Trinajstić information content (AvgIpc) is 2.56. The summed E-state index contributed by atoms with van der Waals surface area (Å²) in [5, 5.41) is 0.777. The monoisotopic (exact) mass is 541 g/mol. The van der Waals surface area contributed by atoms with E-state index in [2.05, 4.69) is 91.6 Å². The Hall–Kier alpha value is -0.312. The van der Waals surface area contributed by atoms with Gasteiger partial charge in [-0.15, -0.1) is 13.2 Å². The second kappa shape index (κ2) is 15.5. The van der Waals surface area contributed by atoms with Crippen molar-refractivity contribution in [2.24, 2.45) is 0 Å². The molecule has 0 bridgehead atoms. The molecule has 0 aliphatic rings. The summed E-state index contributed by atoms with van der Waals surface area (Å²) in [6.07, 6.45) is 1.16. The minimum absolute atomic E-state index is 0. The van der Waals surface area contributed by atoms with Crippen molar-refractivity contribution in [1.29, 1.82) is 0 Å². The summed E-state index contributed by atoms with van der Waals surface area (Å²) in [7, 11) is -6.56. The summed E-state index contributed by atoms with van der Waals surface area (Å²) in [6, 6.07) is 6.57. The molecule has 9 heteroatoms. The van der Waals surface area contributed by atoms with Crippen LogP contribution in [-0.4, -0.2) is 40.5 Å². The molecule has 0 unspecified atom stereocenters. The first-order chi connectivity index (χ1) is 13.1. The van der Waals surface area contributed by atoms with E-state index in [9.17, 15) is 17.3 Å². The van der Waals surface area contributed by atoms with Crippen LogP contribution in [0.2, 0.25) is 0 Å². The Kier molecular flexibility index (Phi) is 17.7. The number of hydrogen-bond acceptors (Lipinski definition) is 2. The Bertz CT molecular complexity index is 551. The Balaban J connectivity index is -0.000000795. The maximum Gasteiger partial charge on any atom is 2.00 e. The van der Waals surface area contributed by atoms with Gasteiger partial charge in [-0.2, -0.15) is 0 Å². The van der Waals surface area contributed by atoms with Crippen LogP contribution in [0.1, 0.15) is 66.8 Å². The van der Waals surface area contributed by atoms with Gasteiger partial charge in [0.25, 0.3) is 0 Å². The van der Waals surface area contributed by atoms with Crippen LogP contribution in [0.4, 0.5) is 17.3 Å². The SMILES string of the molecule is C=C.CCN(CC)Cc1cccc(C[PH+](C(C)(C)C)C(C)(C)C)n1.F[B-](F)(F)F.[Rh+2]. The summed E-state index contributed by atoms with van der Waals surface area (Å²) >= 11 is 0. The van der Waals surface area contributed by atoms with Crippen LogP contribution in [0.5, 0.6) is 0 Å². The third-order valence-electron chi connectivity index (χ3n) is 4.31. The van der Waals surface area contributed by atoms with Gasteiger partial charge in [0, 0.05) is 14.5 Å². The van der Waals surface area contributed by atoms with Gasteiger partial charge in [0.1, 0.15) is 0 Å². The number of aromatic nitrogens is 1. The molecule has 0 aromatic carbocycles. The predicted molar refractivity (Wildman–Crippen MR) is 124 cm³/mol. The van der Waals surface area contributed by atoms with Crippen LogP contribution >= 0.6 is 7.92 Å². The molecule has 0 spiro atoms. The first kappa shape index (κ1) is 34.3. The Labute approximate surface area is 195 Å². The van der Waals surface area contributed by atoms with E-state index < -0.39 is 15.2 Å². The topological polar surface area (TPSA) is 16.1 Å². The Morgan fingerprint density at radius 1 is 0.900 bits per heavy atom. The number of rotatable bonds is 6. The number of hydrogen-bond donors (Lipinski definition) is 0. The van der Waals surface area contributed by atoms with E-state index in [0.717, 1.165) is 25.8 Å². The molecule has 0 saturated heterocycles. The van der Waals surface area contributed by atoms with Crippen LogP contribution in [0, 0.1) is 0 Å². The largest absolute Gasteiger partial charge is 2.00 e. The zero-order valence-electron chi connectivity index (χ0n) is 19.8. The van der Waals surface area contributed by atoms with Gasteiger partial charge in [-0.3, -0.25) is 9.88 Å². The molecule has 0 atom stereocenters. The van der Waals surface area contributed by atoms with Crippen LogP contribution in [0.15, 0.2) is 31.4 Å². The third kappa shape index (κ3) is 17.4. The molecule has 0 N–H and O–H groups in total. The van der Waals surface area contributed by atoms with Gasteiger partial charge in [-0.1, -0.05) is 19.9 Å². The fourth-order valence-corrected chi connectivity index (χ4v) is 7.10. The molecule has 177 valence electrons. The van der Waals surface area contributed by atoms with Gasteiger partial charge < -0.3 is 17.3 Å². The minimum Gasteiger partial charge on any atom is -0.418 e. The van der Waals surface area contributed by atoms with Gasteiger partial charge in [0.05, 0.1) is 27.9 Å². The number of halogens is 4. The first-order valence-electron chi connectivity index (χ1n) is 9.99. The van der Waals surface area contributed by atoms with Crippen molar-refractivity contribution < 1.29 is 36.7 Å². The van der Waals surface area contributed by atoms with E-state index in [0.29, 0.717) is 10.3 Å². The van der Waals surface area contributed by atoms with E-state index in [1.54, 1.807) is 0 Å². The molecule has 30 heavy (non-hydrogen) atoms. The number of pyridine rings is 1. The summed E-state index contributed by atoms with van der Waals surface area (Å²) < 4.78 is 39.0. The maximum atomic E-state index is 9.75. The van der Waals surface area contributed by atoms with E-state index >= 15 is 0 Å². The Morgan fingerprint density at radius 2 is 1.27 bits per heavy atom. The van der Waals surface area contributed by atoms with Gasteiger partial charge in [0.15, 0.2) is 0 Å². The minimum atomic E-state index is -6.00. The summed E-state index contributed by atoms with van der Waals surface area (Å²) in [5.74, 6) is 0. The van der Waals surface area contributed by atoms with Crippen LogP contribution in [-0.2, 0) is 32.2 Å². The van der Waals surface area contributed by atoms with Gasteiger partial charge in [0.2, 0.25) is 0 Å². The molecule has 0 amide bonds. The van der Waals surface area contributed by atoms with E-state index in [4.69, 9.17) is 4.98 Å². The van der Waals surface area contributed by atoms with Crippen molar-refractivity contribution in [2.45, 2.75) is 78.4 Å². The van der Waals surface area contributed by atoms with Crippen molar-refractivity contribution in [2.75, 3.05) is 13.1 Å². The molecular formula is C21H40BF4N2PRh+2. The maximum absolute atomic E-state index is 9.75. The first-order valence-corrected chi connectivity index (χ1v) is 11.7. The van der Waals surface area contributed by atoms with E-state index in [-0.39, 0.29) is 19.5 Å². The third-order valence-corrected chi connectivity index (χ3v) is 8.65. The number of nitrogens with zero attached hydrogens (tertiary/aromatic N) is 2. The molecule has 1 rings (SSSR count). The molecule has 1 aromatic heterocycles. The fraction of sp³-hybridized carbons (Fsp3) is 0.667. The fourth-order valence-electron chi connectivity index (χ4n) is 3.23. The average molecular weight is 541 g/mol. The molecule has 0 aliphatic carbocycles. The second-order valence-corrected chi connectivity index (χ2v) is 13.0. The molecule has 0 fully saturated rings. The standard InChI is InChI=1S/C19H35N2P.C2H4.BF4.Rh/c1-9-21(10-2)14-16-12-11-13-17(20-16)15-22(18(3,4)5)19(6,7)8;1-2;2-1(3,4)5;/h11-13H,9-10,14-15H2,1-8H3;1-2H2;;/q;;-1;+2/p+1. The van der Waals surface area contributed by atoms with Crippen molar-refractivity contribution in [3.8, 4) is 0 Å². The second-order valence-electron chi connectivity index (χ2n) is 8.73. The molecule has 1 radical (unpaired) electrons. The van der Waals surface area contributed by atoms with Gasteiger partial charge >= 0.3 is 26.7 Å². The van der Waals surface area contributed by atoms with E-state index in [1.165, 1.54) is 11.4 Å². The van der Waals surface area contributed by atoms with Crippen LogP contribution < -0.4 is 0 Å². The van der Waals surface area contributed by atoms with Crippen molar-refractivity contribution >= 4 is 15.2 Å². The predicted octanol–water partition coefficient (Wildman–Crippen LogP) is 7.33. The van der Waals surface area contributed by atoms with Crippen molar-refractivity contribution in [3.63, 3.8) is 0 Å². The van der Waals surface area contributed by atoms with Crippen molar-refractivity contribution in [1.82, 2.24) is 9.88 Å². The molecule has 1 heterocycles. The smallest absolute Gasteiger partial charge is 0.418 e. The van der Waals surface area contributed by atoms with Gasteiger partial charge in [-0.25, -0.2) is 0 Å². The quantitative estimate of drug-likeness (QED) is 0.162. The molecule has 0 saturated carbocycles. The summed E-state index contributed by atoms with van der Waals surface area (Å²) in [6.45, 7) is 27.9. The van der Waals surface area contributed by atoms with Crippen molar-refractivity contribution in [3.05, 3.63) is 42.7 Å². The van der Waals surface area contributed by atoms with E-state index in [1.807, 2.05) is 0 Å². The normalized spacial score (nSPS) is 11.8. The van der Waals surface area contributed by atoms with Crippen LogP contribution in [0.25, 0.3) is 0 Å². The molecule has 0 aliphatic heterocycles. The zero-order chi connectivity index (χ0) is 23.5. The molecule has 1 aromatic rings. The summed E-state index contributed by atoms with van der Waals surface area (Å²) in [5.41, 5.74) is 2.49. The summed E-state index contributed by atoms with van der Waals surface area (Å²) in [4.78, 5) is 7.38. The van der Waals surface area contributed by atoms with Gasteiger partial charge in [-0.05, 0) is 66.8 Å². The Morgan fingerprint density at radius 3 is 1.60 bits per heavy atom.